The fourth-order valence-electron chi connectivity index (χ4n) is 3.17. The molecule has 26 heavy (non-hydrogen) atoms. The Hall–Kier alpha value is -2.78. The summed E-state index contributed by atoms with van der Waals surface area (Å²) in [7, 11) is 1.79. The first kappa shape index (κ1) is 16.7. The van der Waals surface area contributed by atoms with Crippen molar-refractivity contribution in [1.29, 1.82) is 0 Å². The zero-order valence-corrected chi connectivity index (χ0v) is 14.9. The second-order valence-corrected chi connectivity index (χ2v) is 5.93. The highest BCUT2D eigenvalue weighted by molar-refractivity contribution is 5.88. The van der Waals surface area contributed by atoms with E-state index in [-0.39, 0.29) is 0 Å². The summed E-state index contributed by atoms with van der Waals surface area (Å²) in [5.74, 6) is 2.23. The molecule has 9 nitrogen and oxygen atoms in total. The number of fused-ring (bicyclic) bond motifs is 1. The van der Waals surface area contributed by atoms with Crippen LogP contribution in [0.25, 0.3) is 22.6 Å². The highest BCUT2D eigenvalue weighted by atomic mass is 16.5. The number of hydrogen-bond donors (Lipinski definition) is 2. The van der Waals surface area contributed by atoms with Gasteiger partial charge in [-0.3, -0.25) is 10.4 Å². The molecule has 2 N–H and O–H groups in total. The van der Waals surface area contributed by atoms with E-state index >= 15 is 0 Å². The molecule has 1 aliphatic rings. The standard InChI is InChI=1S/C17H22N8O/c1-3-25-14(12-4-6-19-7-5-12)20-13-15(24-8-10-26-11-9-24)21-17(23-18-2)22-16(13)25/h4-7,18H,3,8-11H2,1-2H3,(H,21,22,23). The highest BCUT2D eigenvalue weighted by Gasteiger charge is 2.23. The van der Waals surface area contributed by atoms with Crippen LogP contribution in [0, 0.1) is 0 Å². The monoisotopic (exact) mass is 354 g/mol. The van der Waals surface area contributed by atoms with Crippen molar-refractivity contribution < 1.29 is 4.74 Å². The van der Waals surface area contributed by atoms with Gasteiger partial charge in [-0.15, -0.1) is 0 Å². The minimum absolute atomic E-state index is 0.525. The Labute approximate surface area is 151 Å². The number of anilines is 2. The summed E-state index contributed by atoms with van der Waals surface area (Å²) >= 11 is 0. The third-order valence-electron chi connectivity index (χ3n) is 4.38. The molecular weight excluding hydrogens is 332 g/mol. The van der Waals surface area contributed by atoms with E-state index in [1.54, 1.807) is 19.4 Å². The van der Waals surface area contributed by atoms with Gasteiger partial charge >= 0.3 is 0 Å². The number of pyridine rings is 1. The molecule has 136 valence electrons. The van der Waals surface area contributed by atoms with E-state index in [1.807, 2.05) is 12.1 Å². The molecule has 0 bridgehead atoms. The number of morpholine rings is 1. The Morgan fingerprint density at radius 3 is 2.58 bits per heavy atom. The summed E-state index contributed by atoms with van der Waals surface area (Å²) < 4.78 is 7.59. The van der Waals surface area contributed by atoms with Gasteiger partial charge in [0.15, 0.2) is 17.0 Å². The fourth-order valence-corrected chi connectivity index (χ4v) is 3.17. The molecule has 0 radical (unpaired) electrons. The van der Waals surface area contributed by atoms with Gasteiger partial charge in [-0.25, -0.2) is 10.4 Å². The second kappa shape index (κ2) is 7.22. The number of nitrogens with zero attached hydrogens (tertiary/aromatic N) is 6. The minimum Gasteiger partial charge on any atom is -0.378 e. The van der Waals surface area contributed by atoms with Crippen LogP contribution >= 0.6 is 0 Å². The van der Waals surface area contributed by atoms with Crippen molar-refractivity contribution in [2.75, 3.05) is 43.7 Å². The van der Waals surface area contributed by atoms with Crippen LogP contribution < -0.4 is 15.8 Å². The summed E-state index contributed by atoms with van der Waals surface area (Å²) in [6, 6.07) is 3.92. The lowest BCUT2D eigenvalue weighted by Crippen LogP contribution is -2.37. The Morgan fingerprint density at radius 2 is 1.88 bits per heavy atom. The number of ether oxygens (including phenoxy) is 1. The number of aryl methyl sites for hydroxylation is 1. The van der Waals surface area contributed by atoms with Crippen LogP contribution in [0.3, 0.4) is 0 Å². The number of nitrogens with one attached hydrogen (secondary N) is 2. The van der Waals surface area contributed by atoms with Crippen molar-refractivity contribution in [2.24, 2.45) is 0 Å². The lowest BCUT2D eigenvalue weighted by Gasteiger charge is -2.28. The van der Waals surface area contributed by atoms with E-state index in [9.17, 15) is 0 Å². The molecule has 0 unspecified atom stereocenters. The molecule has 0 aliphatic carbocycles. The quantitative estimate of drug-likeness (QED) is 0.662. The summed E-state index contributed by atoms with van der Waals surface area (Å²) in [4.78, 5) is 20.6. The zero-order valence-electron chi connectivity index (χ0n) is 14.9. The van der Waals surface area contributed by atoms with Crippen molar-refractivity contribution in [3.8, 4) is 11.4 Å². The molecule has 3 aromatic heterocycles. The Kier molecular flexibility index (Phi) is 4.63. The number of aromatic nitrogens is 5. The lowest BCUT2D eigenvalue weighted by atomic mass is 10.2. The van der Waals surface area contributed by atoms with Crippen LogP contribution in [0.5, 0.6) is 0 Å². The maximum atomic E-state index is 5.48. The van der Waals surface area contributed by atoms with E-state index in [0.717, 1.165) is 48.0 Å². The molecule has 0 saturated carbocycles. The molecule has 0 aromatic carbocycles. The van der Waals surface area contributed by atoms with Crippen LogP contribution in [0.4, 0.5) is 11.8 Å². The molecule has 4 heterocycles. The largest absolute Gasteiger partial charge is 0.378 e. The van der Waals surface area contributed by atoms with E-state index in [4.69, 9.17) is 14.7 Å². The van der Waals surface area contributed by atoms with Gasteiger partial charge in [0.2, 0.25) is 5.95 Å². The average Bonchev–Trinajstić information content (AvgIpc) is 3.07. The van der Waals surface area contributed by atoms with Crippen LogP contribution in [-0.2, 0) is 11.3 Å². The maximum absolute atomic E-state index is 5.48. The van der Waals surface area contributed by atoms with Crippen molar-refractivity contribution in [1.82, 2.24) is 29.9 Å². The molecule has 1 fully saturated rings. The van der Waals surface area contributed by atoms with Gasteiger partial charge < -0.3 is 14.2 Å². The Morgan fingerprint density at radius 1 is 1.12 bits per heavy atom. The van der Waals surface area contributed by atoms with Crippen molar-refractivity contribution in [3.05, 3.63) is 24.5 Å². The first-order valence-electron chi connectivity index (χ1n) is 8.76. The smallest absolute Gasteiger partial charge is 0.241 e. The molecule has 3 aromatic rings. The highest BCUT2D eigenvalue weighted by Crippen LogP contribution is 2.30. The predicted octanol–water partition coefficient (Wildman–Crippen LogP) is 1.29. The Balaban J connectivity index is 1.93. The third kappa shape index (κ3) is 2.95. The van der Waals surface area contributed by atoms with Gasteiger partial charge in [-0.05, 0) is 19.1 Å². The first-order valence-corrected chi connectivity index (χ1v) is 8.76. The molecule has 0 amide bonds. The third-order valence-corrected chi connectivity index (χ3v) is 4.38. The van der Waals surface area contributed by atoms with E-state index in [2.05, 4.69) is 37.2 Å². The number of hydrogen-bond acceptors (Lipinski definition) is 8. The van der Waals surface area contributed by atoms with Crippen molar-refractivity contribution in [3.63, 3.8) is 0 Å². The molecule has 0 atom stereocenters. The minimum atomic E-state index is 0.525. The van der Waals surface area contributed by atoms with Gasteiger partial charge in [0.25, 0.3) is 0 Å². The van der Waals surface area contributed by atoms with E-state index in [0.29, 0.717) is 19.2 Å². The normalized spacial score (nSPS) is 14.8. The van der Waals surface area contributed by atoms with Crippen LogP contribution in [0.15, 0.2) is 24.5 Å². The number of rotatable bonds is 5. The first-order chi connectivity index (χ1) is 12.8. The van der Waals surface area contributed by atoms with E-state index < -0.39 is 0 Å². The number of hydrazine groups is 1. The SMILES string of the molecule is CCn1c(-c2ccncc2)nc2c(N3CCOCC3)nc(NNC)nc21. The molecule has 9 heteroatoms. The van der Waals surface area contributed by atoms with Crippen LogP contribution in [-0.4, -0.2) is 57.9 Å². The molecule has 4 rings (SSSR count). The van der Waals surface area contributed by atoms with Crippen LogP contribution in [0.2, 0.25) is 0 Å². The molecular formula is C17H22N8O. The summed E-state index contributed by atoms with van der Waals surface area (Å²) in [6.45, 7) is 5.79. The topological polar surface area (TPSA) is 93.0 Å². The Bertz CT molecular complexity index is 889. The van der Waals surface area contributed by atoms with Gasteiger partial charge in [0, 0.05) is 44.6 Å². The average molecular weight is 354 g/mol. The fraction of sp³-hybridized carbons (Fsp3) is 0.412. The van der Waals surface area contributed by atoms with Gasteiger partial charge in [-0.1, -0.05) is 0 Å². The van der Waals surface area contributed by atoms with Crippen molar-refractivity contribution in [2.45, 2.75) is 13.5 Å². The van der Waals surface area contributed by atoms with Gasteiger partial charge in [0.05, 0.1) is 13.2 Å². The predicted molar refractivity (Wildman–Crippen MR) is 99.9 cm³/mol. The summed E-state index contributed by atoms with van der Waals surface area (Å²) in [5, 5.41) is 0. The van der Waals surface area contributed by atoms with Gasteiger partial charge in [-0.2, -0.15) is 9.97 Å². The maximum Gasteiger partial charge on any atom is 0.241 e. The second-order valence-electron chi connectivity index (χ2n) is 5.93. The van der Waals surface area contributed by atoms with E-state index in [1.165, 1.54) is 0 Å². The lowest BCUT2D eigenvalue weighted by molar-refractivity contribution is 0.122. The summed E-state index contributed by atoms with van der Waals surface area (Å²) in [6.07, 6.45) is 3.55. The summed E-state index contributed by atoms with van der Waals surface area (Å²) in [5.41, 5.74) is 8.53. The van der Waals surface area contributed by atoms with Crippen molar-refractivity contribution >= 4 is 22.9 Å². The van der Waals surface area contributed by atoms with Gasteiger partial charge in [0.1, 0.15) is 5.82 Å². The molecule has 0 spiro atoms. The molecule has 1 aliphatic heterocycles. The zero-order chi connectivity index (χ0) is 17.9. The van der Waals surface area contributed by atoms with Crippen LogP contribution in [0.1, 0.15) is 6.92 Å². The number of imidazole rings is 1. The molecule has 1 saturated heterocycles.